The largest absolute Gasteiger partial charge is 0.496 e. The van der Waals surface area contributed by atoms with Gasteiger partial charge in [0.2, 0.25) is 0 Å². The molecule has 74 valence electrons. The number of carboxylic acids is 1. The van der Waals surface area contributed by atoms with Crippen LogP contribution in [0.5, 0.6) is 5.75 Å². The van der Waals surface area contributed by atoms with E-state index in [2.05, 4.69) is 0 Å². The maximum atomic E-state index is 10.3. The number of hydrogen-bond acceptors (Lipinski definition) is 2. The normalized spacial score (nSPS) is 10.4. The Kier molecular flexibility index (Phi) is 3.54. The Bertz CT molecular complexity index is 372. The Morgan fingerprint density at radius 2 is 2.29 bits per heavy atom. The molecule has 1 aromatic carbocycles. The minimum Gasteiger partial charge on any atom is -0.496 e. The lowest BCUT2D eigenvalue weighted by Crippen LogP contribution is -1.89. The first kappa shape index (κ1) is 10.6. The number of halogens is 1. The Balaban J connectivity index is 3.02. The number of hydrogen-bond donors (Lipinski definition) is 1. The molecular formula is C10H9ClO3. The van der Waals surface area contributed by atoms with Crippen LogP contribution in [0.3, 0.4) is 0 Å². The van der Waals surface area contributed by atoms with Crippen LogP contribution in [0.2, 0.25) is 5.02 Å². The predicted molar refractivity (Wildman–Crippen MR) is 54.7 cm³/mol. The van der Waals surface area contributed by atoms with E-state index in [0.717, 1.165) is 6.08 Å². The molecule has 0 saturated heterocycles. The van der Waals surface area contributed by atoms with Crippen LogP contribution >= 0.6 is 11.6 Å². The van der Waals surface area contributed by atoms with Gasteiger partial charge >= 0.3 is 5.97 Å². The summed E-state index contributed by atoms with van der Waals surface area (Å²) in [7, 11) is 1.50. The lowest BCUT2D eigenvalue weighted by molar-refractivity contribution is -0.131. The fraction of sp³-hybridized carbons (Fsp3) is 0.100. The van der Waals surface area contributed by atoms with E-state index in [4.69, 9.17) is 21.4 Å². The fourth-order valence-corrected chi connectivity index (χ4v) is 1.15. The molecule has 0 bridgehead atoms. The lowest BCUT2D eigenvalue weighted by Gasteiger charge is -2.04. The Morgan fingerprint density at radius 3 is 2.86 bits per heavy atom. The van der Waals surface area contributed by atoms with Gasteiger partial charge in [0.15, 0.2) is 0 Å². The lowest BCUT2D eigenvalue weighted by atomic mass is 10.2. The highest BCUT2D eigenvalue weighted by Gasteiger charge is 2.00. The van der Waals surface area contributed by atoms with Gasteiger partial charge in [0, 0.05) is 16.7 Å². The van der Waals surface area contributed by atoms with E-state index in [-0.39, 0.29) is 0 Å². The van der Waals surface area contributed by atoms with Gasteiger partial charge in [-0.1, -0.05) is 11.6 Å². The van der Waals surface area contributed by atoms with Crippen molar-refractivity contribution >= 4 is 23.6 Å². The van der Waals surface area contributed by atoms with Crippen molar-refractivity contribution in [1.29, 1.82) is 0 Å². The van der Waals surface area contributed by atoms with E-state index in [9.17, 15) is 4.79 Å². The minimum atomic E-state index is -0.998. The second-order valence-corrected chi connectivity index (χ2v) is 2.99. The number of ether oxygens (including phenoxy) is 1. The smallest absolute Gasteiger partial charge is 0.328 e. The van der Waals surface area contributed by atoms with Gasteiger partial charge in [0.1, 0.15) is 5.75 Å². The molecule has 1 aromatic rings. The van der Waals surface area contributed by atoms with Crippen LogP contribution in [0, 0.1) is 0 Å². The Hall–Kier alpha value is -1.48. The van der Waals surface area contributed by atoms with Crippen LogP contribution < -0.4 is 4.74 Å². The molecule has 4 heteroatoms. The Morgan fingerprint density at radius 1 is 1.57 bits per heavy atom. The zero-order chi connectivity index (χ0) is 10.6. The summed E-state index contributed by atoms with van der Waals surface area (Å²) in [6.45, 7) is 0. The fourth-order valence-electron chi connectivity index (χ4n) is 0.984. The summed E-state index contributed by atoms with van der Waals surface area (Å²) in [5, 5.41) is 8.99. The van der Waals surface area contributed by atoms with E-state index in [1.807, 2.05) is 0 Å². The van der Waals surface area contributed by atoms with E-state index >= 15 is 0 Å². The third-order valence-corrected chi connectivity index (χ3v) is 1.84. The molecule has 0 amide bonds. The van der Waals surface area contributed by atoms with Crippen LogP contribution in [0.1, 0.15) is 5.56 Å². The van der Waals surface area contributed by atoms with Crippen molar-refractivity contribution in [3.8, 4) is 5.75 Å². The number of carbonyl (C=O) groups is 1. The molecule has 0 spiro atoms. The second-order valence-electron chi connectivity index (χ2n) is 2.56. The summed E-state index contributed by atoms with van der Waals surface area (Å²) in [5.41, 5.74) is 0.680. The van der Waals surface area contributed by atoms with Crippen LogP contribution in [0.4, 0.5) is 0 Å². The summed E-state index contributed by atoms with van der Waals surface area (Å²) in [6.07, 6.45) is 2.50. The second kappa shape index (κ2) is 4.67. The van der Waals surface area contributed by atoms with Crippen LogP contribution in [-0.4, -0.2) is 18.2 Å². The molecule has 0 unspecified atom stereocenters. The third-order valence-electron chi connectivity index (χ3n) is 1.60. The zero-order valence-corrected chi connectivity index (χ0v) is 8.28. The predicted octanol–water partition coefficient (Wildman–Crippen LogP) is 2.45. The van der Waals surface area contributed by atoms with Crippen molar-refractivity contribution in [2.45, 2.75) is 0 Å². The molecule has 0 radical (unpaired) electrons. The average Bonchev–Trinajstić information content (AvgIpc) is 2.15. The molecule has 3 nitrogen and oxygen atoms in total. The van der Waals surface area contributed by atoms with Crippen molar-refractivity contribution < 1.29 is 14.6 Å². The van der Waals surface area contributed by atoms with Crippen molar-refractivity contribution in [3.63, 3.8) is 0 Å². The highest BCUT2D eigenvalue weighted by atomic mass is 35.5. The van der Waals surface area contributed by atoms with Gasteiger partial charge in [-0.15, -0.1) is 0 Å². The van der Waals surface area contributed by atoms with Crippen molar-refractivity contribution in [1.82, 2.24) is 0 Å². The van der Waals surface area contributed by atoms with Crippen molar-refractivity contribution in [2.24, 2.45) is 0 Å². The molecule has 0 aliphatic heterocycles. The van der Waals surface area contributed by atoms with Crippen LogP contribution in [-0.2, 0) is 4.79 Å². The van der Waals surface area contributed by atoms with E-state index < -0.39 is 5.97 Å². The molecule has 14 heavy (non-hydrogen) atoms. The van der Waals surface area contributed by atoms with E-state index in [1.165, 1.54) is 13.2 Å². The molecule has 0 heterocycles. The first-order valence-electron chi connectivity index (χ1n) is 3.88. The van der Waals surface area contributed by atoms with Gasteiger partial charge in [-0.2, -0.15) is 0 Å². The van der Waals surface area contributed by atoms with Crippen molar-refractivity contribution in [3.05, 3.63) is 34.9 Å². The van der Waals surface area contributed by atoms with Crippen LogP contribution in [0.15, 0.2) is 24.3 Å². The van der Waals surface area contributed by atoms with E-state index in [1.54, 1.807) is 18.2 Å². The summed E-state index contributed by atoms with van der Waals surface area (Å²) in [5.74, 6) is -0.447. The number of carboxylic acid groups (broad SMARTS) is 1. The van der Waals surface area contributed by atoms with Gasteiger partial charge in [-0.3, -0.25) is 0 Å². The average molecular weight is 213 g/mol. The van der Waals surface area contributed by atoms with Gasteiger partial charge in [-0.05, 0) is 24.3 Å². The molecule has 0 aliphatic rings. The SMILES string of the molecule is COc1cc(Cl)ccc1C=CC(=O)O. The molecule has 0 aliphatic carbocycles. The first-order valence-corrected chi connectivity index (χ1v) is 4.26. The standard InChI is InChI=1S/C10H9ClO3/c1-14-9-6-8(11)4-2-7(9)3-5-10(12)13/h2-6H,1H3,(H,12,13). The molecular weight excluding hydrogens is 204 g/mol. The molecule has 0 fully saturated rings. The number of benzene rings is 1. The summed E-state index contributed by atoms with van der Waals surface area (Å²) in [6, 6.07) is 5.00. The highest BCUT2D eigenvalue weighted by Crippen LogP contribution is 2.23. The molecule has 0 saturated carbocycles. The topological polar surface area (TPSA) is 46.5 Å². The monoisotopic (exact) mass is 212 g/mol. The number of methoxy groups -OCH3 is 1. The minimum absolute atomic E-state index is 0.550. The van der Waals surface area contributed by atoms with Gasteiger partial charge in [0.25, 0.3) is 0 Å². The summed E-state index contributed by atoms with van der Waals surface area (Å²) in [4.78, 5) is 10.3. The number of aliphatic carboxylic acids is 1. The van der Waals surface area contributed by atoms with Gasteiger partial charge in [0.05, 0.1) is 7.11 Å². The molecule has 1 rings (SSSR count). The van der Waals surface area contributed by atoms with Gasteiger partial charge in [-0.25, -0.2) is 4.79 Å². The quantitative estimate of drug-likeness (QED) is 0.783. The van der Waals surface area contributed by atoms with Crippen molar-refractivity contribution in [2.75, 3.05) is 7.11 Å². The third kappa shape index (κ3) is 2.78. The van der Waals surface area contributed by atoms with Gasteiger partial charge < -0.3 is 9.84 Å². The summed E-state index contributed by atoms with van der Waals surface area (Å²) >= 11 is 5.74. The molecule has 0 aromatic heterocycles. The van der Waals surface area contributed by atoms with E-state index in [0.29, 0.717) is 16.3 Å². The highest BCUT2D eigenvalue weighted by molar-refractivity contribution is 6.30. The molecule has 1 N–H and O–H groups in total. The van der Waals surface area contributed by atoms with Crippen LogP contribution in [0.25, 0.3) is 6.08 Å². The number of rotatable bonds is 3. The maximum Gasteiger partial charge on any atom is 0.328 e. The summed E-state index contributed by atoms with van der Waals surface area (Å²) < 4.78 is 5.03. The Labute approximate surface area is 86.6 Å². The maximum absolute atomic E-state index is 10.3. The molecule has 0 atom stereocenters. The zero-order valence-electron chi connectivity index (χ0n) is 7.53. The first-order chi connectivity index (χ1) is 6.63.